The maximum absolute atomic E-state index is 12.9. The SMILES string of the molecule is COc1cc(NC(=O)C(C)Sc2nc(-c3ccccc3)c(-c3ccccc3)[nH]2)cc(OC)c1. The molecule has 0 bridgehead atoms. The molecule has 0 spiro atoms. The van der Waals surface area contributed by atoms with Gasteiger partial charge in [-0.1, -0.05) is 72.4 Å². The fourth-order valence-corrected chi connectivity index (χ4v) is 4.18. The molecule has 33 heavy (non-hydrogen) atoms. The number of ether oxygens (including phenoxy) is 2. The van der Waals surface area contributed by atoms with Crippen LogP contribution in [0.3, 0.4) is 0 Å². The summed E-state index contributed by atoms with van der Waals surface area (Å²) in [5, 5.41) is 3.23. The highest BCUT2D eigenvalue weighted by Crippen LogP contribution is 2.34. The van der Waals surface area contributed by atoms with Gasteiger partial charge in [0.05, 0.1) is 30.9 Å². The van der Waals surface area contributed by atoms with Crippen LogP contribution >= 0.6 is 11.8 Å². The Morgan fingerprint density at radius 2 is 1.48 bits per heavy atom. The van der Waals surface area contributed by atoms with E-state index >= 15 is 0 Å². The van der Waals surface area contributed by atoms with Crippen molar-refractivity contribution in [2.45, 2.75) is 17.3 Å². The lowest BCUT2D eigenvalue weighted by atomic mass is 10.1. The fraction of sp³-hybridized carbons (Fsp3) is 0.154. The third-order valence-corrected chi connectivity index (χ3v) is 6.05. The van der Waals surface area contributed by atoms with E-state index < -0.39 is 0 Å². The van der Waals surface area contributed by atoms with E-state index in [1.54, 1.807) is 32.4 Å². The predicted octanol–water partition coefficient (Wildman–Crippen LogP) is 5.88. The summed E-state index contributed by atoms with van der Waals surface area (Å²) in [4.78, 5) is 21.1. The molecule has 2 N–H and O–H groups in total. The van der Waals surface area contributed by atoms with Crippen molar-refractivity contribution in [1.82, 2.24) is 9.97 Å². The molecule has 1 heterocycles. The highest BCUT2D eigenvalue weighted by molar-refractivity contribution is 8.00. The number of rotatable bonds is 8. The molecule has 0 saturated carbocycles. The van der Waals surface area contributed by atoms with E-state index in [4.69, 9.17) is 14.5 Å². The van der Waals surface area contributed by atoms with Gasteiger partial charge in [-0.2, -0.15) is 0 Å². The van der Waals surface area contributed by atoms with E-state index in [0.29, 0.717) is 22.3 Å². The normalized spacial score (nSPS) is 11.6. The molecule has 1 amide bonds. The molecule has 4 rings (SSSR count). The quantitative estimate of drug-likeness (QED) is 0.322. The summed E-state index contributed by atoms with van der Waals surface area (Å²) >= 11 is 1.37. The number of nitrogens with one attached hydrogen (secondary N) is 2. The highest BCUT2D eigenvalue weighted by atomic mass is 32.2. The van der Waals surface area contributed by atoms with Crippen molar-refractivity contribution in [3.63, 3.8) is 0 Å². The van der Waals surface area contributed by atoms with Crippen LogP contribution in [0.4, 0.5) is 5.69 Å². The van der Waals surface area contributed by atoms with Gasteiger partial charge in [0.15, 0.2) is 5.16 Å². The van der Waals surface area contributed by atoms with Crippen LogP contribution in [0, 0.1) is 0 Å². The van der Waals surface area contributed by atoms with Crippen molar-refractivity contribution < 1.29 is 14.3 Å². The highest BCUT2D eigenvalue weighted by Gasteiger charge is 2.20. The number of thioether (sulfide) groups is 1. The molecular formula is C26H25N3O3S. The van der Waals surface area contributed by atoms with Crippen molar-refractivity contribution in [2.24, 2.45) is 0 Å². The average molecular weight is 460 g/mol. The van der Waals surface area contributed by atoms with Crippen molar-refractivity contribution in [2.75, 3.05) is 19.5 Å². The number of carbonyl (C=O) groups is 1. The van der Waals surface area contributed by atoms with Crippen molar-refractivity contribution in [3.8, 4) is 34.0 Å². The zero-order chi connectivity index (χ0) is 23.2. The topological polar surface area (TPSA) is 76.2 Å². The number of nitrogens with zero attached hydrogens (tertiary/aromatic N) is 1. The fourth-order valence-electron chi connectivity index (χ4n) is 3.37. The van der Waals surface area contributed by atoms with Crippen molar-refractivity contribution >= 4 is 23.4 Å². The minimum absolute atomic E-state index is 0.144. The molecule has 0 fully saturated rings. The van der Waals surface area contributed by atoms with Gasteiger partial charge in [-0.25, -0.2) is 4.98 Å². The molecule has 0 aliphatic carbocycles. The second kappa shape index (κ2) is 10.3. The number of hydrogen-bond donors (Lipinski definition) is 2. The van der Waals surface area contributed by atoms with Crippen LogP contribution in [0.15, 0.2) is 84.0 Å². The van der Waals surface area contributed by atoms with Crippen LogP contribution in [0.1, 0.15) is 6.92 Å². The Labute approximate surface area is 197 Å². The summed E-state index contributed by atoms with van der Waals surface area (Å²) in [5.41, 5.74) is 4.44. The van der Waals surface area contributed by atoms with Crippen LogP contribution in [-0.2, 0) is 4.79 Å². The maximum Gasteiger partial charge on any atom is 0.237 e. The lowest BCUT2D eigenvalue weighted by Gasteiger charge is -2.13. The maximum atomic E-state index is 12.9. The van der Waals surface area contributed by atoms with E-state index in [1.807, 2.05) is 67.6 Å². The summed E-state index contributed by atoms with van der Waals surface area (Å²) in [6.45, 7) is 1.85. The first kappa shape index (κ1) is 22.5. The lowest BCUT2D eigenvalue weighted by molar-refractivity contribution is -0.115. The Balaban J connectivity index is 1.56. The van der Waals surface area contributed by atoms with E-state index in [2.05, 4.69) is 10.3 Å². The van der Waals surface area contributed by atoms with Gasteiger partial charge in [0, 0.05) is 35.0 Å². The summed E-state index contributed by atoms with van der Waals surface area (Å²) in [6, 6.07) is 25.4. The van der Waals surface area contributed by atoms with Crippen molar-refractivity contribution in [1.29, 1.82) is 0 Å². The molecule has 0 saturated heterocycles. The number of anilines is 1. The number of aromatic nitrogens is 2. The van der Waals surface area contributed by atoms with Crippen LogP contribution in [0.25, 0.3) is 22.5 Å². The second-order valence-corrected chi connectivity index (χ2v) is 8.68. The first-order chi connectivity index (χ1) is 16.1. The summed E-state index contributed by atoms with van der Waals surface area (Å²) in [6.07, 6.45) is 0. The number of hydrogen-bond acceptors (Lipinski definition) is 5. The first-order valence-electron chi connectivity index (χ1n) is 10.5. The van der Waals surface area contributed by atoms with Gasteiger partial charge >= 0.3 is 0 Å². The molecule has 0 radical (unpaired) electrons. The number of imidazole rings is 1. The minimum Gasteiger partial charge on any atom is -0.497 e. The van der Waals surface area contributed by atoms with Crippen LogP contribution in [0.5, 0.6) is 11.5 Å². The minimum atomic E-state index is -0.388. The number of benzene rings is 3. The van der Waals surface area contributed by atoms with Gasteiger partial charge in [-0.15, -0.1) is 0 Å². The molecule has 0 aliphatic heterocycles. The Bertz CT molecular complexity index is 1150. The number of aromatic amines is 1. The zero-order valence-corrected chi connectivity index (χ0v) is 19.5. The lowest BCUT2D eigenvalue weighted by Crippen LogP contribution is -2.22. The number of H-pyrrole nitrogens is 1. The second-order valence-electron chi connectivity index (χ2n) is 7.35. The Hall–Kier alpha value is -3.71. The summed E-state index contributed by atoms with van der Waals surface area (Å²) < 4.78 is 10.6. The molecule has 6 nitrogen and oxygen atoms in total. The molecule has 1 aromatic heterocycles. The number of amides is 1. The Kier molecular flexibility index (Phi) is 7.00. The molecule has 1 unspecified atom stereocenters. The van der Waals surface area contributed by atoms with Gasteiger partial charge in [0.25, 0.3) is 0 Å². The number of methoxy groups -OCH3 is 2. The first-order valence-corrected chi connectivity index (χ1v) is 11.4. The smallest absolute Gasteiger partial charge is 0.237 e. The molecule has 4 aromatic rings. The number of carbonyl (C=O) groups excluding carboxylic acids is 1. The molecule has 3 aromatic carbocycles. The van der Waals surface area contributed by atoms with Crippen LogP contribution in [0.2, 0.25) is 0 Å². The molecule has 7 heteroatoms. The van der Waals surface area contributed by atoms with Gasteiger partial charge in [-0.3, -0.25) is 4.79 Å². The van der Waals surface area contributed by atoms with Gasteiger partial charge in [0.2, 0.25) is 5.91 Å². The van der Waals surface area contributed by atoms with E-state index in [1.165, 1.54) is 11.8 Å². The average Bonchev–Trinajstić information content (AvgIpc) is 3.28. The van der Waals surface area contributed by atoms with E-state index in [-0.39, 0.29) is 11.2 Å². The van der Waals surface area contributed by atoms with Gasteiger partial charge < -0.3 is 19.8 Å². The molecule has 168 valence electrons. The van der Waals surface area contributed by atoms with E-state index in [9.17, 15) is 4.79 Å². The molecule has 1 atom stereocenters. The Morgan fingerprint density at radius 3 is 2.06 bits per heavy atom. The van der Waals surface area contributed by atoms with Crippen LogP contribution < -0.4 is 14.8 Å². The standard InChI is InChI=1S/C26H25N3O3S/c1-17(25(30)27-20-14-21(31-2)16-22(15-20)32-3)33-26-28-23(18-10-6-4-7-11-18)24(29-26)19-12-8-5-9-13-19/h4-17H,1-3H3,(H,27,30)(H,28,29). The Morgan fingerprint density at radius 1 is 0.909 bits per heavy atom. The molecular weight excluding hydrogens is 434 g/mol. The van der Waals surface area contributed by atoms with E-state index in [0.717, 1.165) is 22.5 Å². The predicted molar refractivity (Wildman–Crippen MR) is 133 cm³/mol. The largest absolute Gasteiger partial charge is 0.497 e. The third-order valence-electron chi connectivity index (χ3n) is 5.07. The van der Waals surface area contributed by atoms with Gasteiger partial charge in [-0.05, 0) is 6.92 Å². The third kappa shape index (κ3) is 5.38. The summed E-state index contributed by atoms with van der Waals surface area (Å²) in [7, 11) is 3.15. The monoisotopic (exact) mass is 459 g/mol. The van der Waals surface area contributed by atoms with Gasteiger partial charge in [0.1, 0.15) is 11.5 Å². The van der Waals surface area contributed by atoms with Crippen LogP contribution in [-0.4, -0.2) is 35.3 Å². The zero-order valence-electron chi connectivity index (χ0n) is 18.7. The van der Waals surface area contributed by atoms with Crippen molar-refractivity contribution in [3.05, 3.63) is 78.9 Å². The summed E-state index contributed by atoms with van der Waals surface area (Å²) in [5.74, 6) is 1.07. The molecule has 0 aliphatic rings.